The maximum atomic E-state index is 12.6. The fourth-order valence-corrected chi connectivity index (χ4v) is 3.63. The predicted molar refractivity (Wildman–Crippen MR) is 110 cm³/mol. The molecule has 2 N–H and O–H groups in total. The van der Waals surface area contributed by atoms with Crippen molar-refractivity contribution in [1.29, 1.82) is 0 Å². The summed E-state index contributed by atoms with van der Waals surface area (Å²) in [6.45, 7) is 9.16. The Labute approximate surface area is 167 Å². The second kappa shape index (κ2) is 9.89. The number of hydrogen-bond donors (Lipinski definition) is 2. The van der Waals surface area contributed by atoms with Crippen LogP contribution in [0, 0.1) is 5.92 Å². The second-order valence-corrected chi connectivity index (χ2v) is 7.89. The lowest BCUT2D eigenvalue weighted by atomic mass is 9.99. The summed E-state index contributed by atoms with van der Waals surface area (Å²) in [5, 5.41) is 6.19. The van der Waals surface area contributed by atoms with Gasteiger partial charge in [-0.2, -0.15) is 0 Å². The molecular formula is C21H32N4O3. The number of rotatable bonds is 6. The van der Waals surface area contributed by atoms with Gasteiger partial charge in [0.25, 0.3) is 0 Å². The van der Waals surface area contributed by atoms with Crippen molar-refractivity contribution in [2.24, 2.45) is 5.92 Å². The van der Waals surface area contributed by atoms with Gasteiger partial charge in [0.1, 0.15) is 6.04 Å². The molecule has 154 valence electrons. The minimum atomic E-state index is -0.268. The van der Waals surface area contributed by atoms with Crippen LogP contribution in [0.25, 0.3) is 0 Å². The van der Waals surface area contributed by atoms with E-state index in [0.717, 1.165) is 50.4 Å². The van der Waals surface area contributed by atoms with Crippen molar-refractivity contribution in [1.82, 2.24) is 9.80 Å². The number of nitrogens with one attached hydrogen (secondary N) is 2. The quantitative estimate of drug-likeness (QED) is 0.780. The fourth-order valence-electron chi connectivity index (χ4n) is 3.63. The van der Waals surface area contributed by atoms with Gasteiger partial charge in [-0.15, -0.1) is 0 Å². The van der Waals surface area contributed by atoms with Crippen molar-refractivity contribution < 1.29 is 14.3 Å². The van der Waals surface area contributed by atoms with Crippen molar-refractivity contribution in [2.45, 2.75) is 32.7 Å². The average molecular weight is 389 g/mol. The zero-order valence-electron chi connectivity index (χ0n) is 16.9. The molecule has 2 heterocycles. The van der Waals surface area contributed by atoms with E-state index in [0.29, 0.717) is 25.7 Å². The zero-order valence-corrected chi connectivity index (χ0v) is 16.9. The van der Waals surface area contributed by atoms with Gasteiger partial charge in [0.2, 0.25) is 11.8 Å². The van der Waals surface area contributed by atoms with Crippen LogP contribution in [0.15, 0.2) is 24.3 Å². The molecule has 2 saturated heterocycles. The van der Waals surface area contributed by atoms with Crippen LogP contribution in [0.2, 0.25) is 0 Å². The topological polar surface area (TPSA) is 73.9 Å². The van der Waals surface area contributed by atoms with E-state index in [2.05, 4.69) is 22.5 Å². The van der Waals surface area contributed by atoms with Gasteiger partial charge in [-0.25, -0.2) is 0 Å². The normalized spacial score (nSPS) is 19.9. The maximum absolute atomic E-state index is 12.6. The van der Waals surface area contributed by atoms with Crippen LogP contribution in [0.1, 0.15) is 26.7 Å². The van der Waals surface area contributed by atoms with Gasteiger partial charge in [0, 0.05) is 37.6 Å². The molecule has 2 aliphatic rings. The average Bonchev–Trinajstić information content (AvgIpc) is 2.70. The SMILES string of the molecule is CC1CCN(C(=O)C(C)Nc2ccc(NC(=O)CN3CCOCC3)cc2)CC1. The van der Waals surface area contributed by atoms with Crippen LogP contribution in [0.3, 0.4) is 0 Å². The summed E-state index contributed by atoms with van der Waals surface area (Å²) in [7, 11) is 0. The van der Waals surface area contributed by atoms with Gasteiger partial charge in [0.05, 0.1) is 19.8 Å². The van der Waals surface area contributed by atoms with Crippen molar-refractivity contribution in [3.63, 3.8) is 0 Å². The molecule has 2 fully saturated rings. The lowest BCUT2D eigenvalue weighted by molar-refractivity contribution is -0.133. The van der Waals surface area contributed by atoms with E-state index in [1.165, 1.54) is 0 Å². The summed E-state index contributed by atoms with van der Waals surface area (Å²) >= 11 is 0. The number of carbonyl (C=O) groups excluding carboxylic acids is 2. The third-order valence-corrected chi connectivity index (χ3v) is 5.49. The van der Waals surface area contributed by atoms with Gasteiger partial charge >= 0.3 is 0 Å². The Hall–Kier alpha value is -2.12. The molecule has 1 aromatic rings. The molecule has 2 amide bonds. The largest absolute Gasteiger partial charge is 0.379 e. The number of nitrogens with zero attached hydrogens (tertiary/aromatic N) is 2. The van der Waals surface area contributed by atoms with Crippen LogP contribution in [-0.2, 0) is 14.3 Å². The number of anilines is 2. The van der Waals surface area contributed by atoms with Crippen LogP contribution in [-0.4, -0.2) is 73.6 Å². The van der Waals surface area contributed by atoms with Gasteiger partial charge < -0.3 is 20.3 Å². The molecule has 7 heteroatoms. The lowest BCUT2D eigenvalue weighted by Gasteiger charge is -2.32. The first kappa shape index (κ1) is 20.6. The van der Waals surface area contributed by atoms with Crippen molar-refractivity contribution in [3.8, 4) is 0 Å². The molecule has 1 unspecified atom stereocenters. The van der Waals surface area contributed by atoms with Crippen molar-refractivity contribution in [3.05, 3.63) is 24.3 Å². The molecule has 0 bridgehead atoms. The number of piperidine rings is 1. The number of ether oxygens (including phenoxy) is 1. The lowest BCUT2D eigenvalue weighted by Crippen LogP contribution is -2.45. The van der Waals surface area contributed by atoms with Crippen LogP contribution >= 0.6 is 0 Å². The van der Waals surface area contributed by atoms with Gasteiger partial charge in [-0.3, -0.25) is 14.5 Å². The van der Waals surface area contributed by atoms with E-state index in [-0.39, 0.29) is 17.9 Å². The van der Waals surface area contributed by atoms with Crippen LogP contribution in [0.5, 0.6) is 0 Å². The van der Waals surface area contributed by atoms with E-state index in [9.17, 15) is 9.59 Å². The standard InChI is InChI=1S/C21H32N4O3/c1-16-7-9-25(10-8-16)21(27)17(2)22-18-3-5-19(6-4-18)23-20(26)15-24-11-13-28-14-12-24/h3-6,16-17,22H,7-15H2,1-2H3,(H,23,26). The molecule has 0 spiro atoms. The van der Waals surface area contributed by atoms with Crippen LogP contribution in [0.4, 0.5) is 11.4 Å². The monoisotopic (exact) mass is 388 g/mol. The number of carbonyl (C=O) groups is 2. The summed E-state index contributed by atoms with van der Waals surface area (Å²) in [4.78, 5) is 28.8. The minimum absolute atomic E-state index is 0.0227. The van der Waals surface area contributed by atoms with E-state index < -0.39 is 0 Å². The first-order valence-corrected chi connectivity index (χ1v) is 10.3. The Morgan fingerprint density at radius 2 is 1.68 bits per heavy atom. The fraction of sp³-hybridized carbons (Fsp3) is 0.619. The number of likely N-dealkylation sites (tertiary alicyclic amines) is 1. The Morgan fingerprint density at radius 3 is 2.32 bits per heavy atom. The van der Waals surface area contributed by atoms with Gasteiger partial charge in [-0.1, -0.05) is 6.92 Å². The molecule has 0 radical (unpaired) electrons. The number of hydrogen-bond acceptors (Lipinski definition) is 5. The van der Waals surface area contributed by atoms with Gasteiger partial charge in [-0.05, 0) is 49.9 Å². The van der Waals surface area contributed by atoms with Crippen molar-refractivity contribution >= 4 is 23.2 Å². The minimum Gasteiger partial charge on any atom is -0.379 e. The third-order valence-electron chi connectivity index (χ3n) is 5.49. The Bertz CT molecular complexity index is 650. The second-order valence-electron chi connectivity index (χ2n) is 7.89. The molecule has 3 rings (SSSR count). The predicted octanol–water partition coefficient (Wildman–Crippen LogP) is 2.02. The molecule has 28 heavy (non-hydrogen) atoms. The summed E-state index contributed by atoms with van der Waals surface area (Å²) in [6.07, 6.45) is 2.16. The van der Waals surface area contributed by atoms with E-state index in [4.69, 9.17) is 4.74 Å². The summed E-state index contributed by atoms with van der Waals surface area (Å²) in [5.41, 5.74) is 1.63. The van der Waals surface area contributed by atoms with Crippen molar-refractivity contribution in [2.75, 3.05) is 56.6 Å². The van der Waals surface area contributed by atoms with E-state index in [1.807, 2.05) is 36.1 Å². The molecule has 1 atom stereocenters. The molecule has 1 aromatic carbocycles. The van der Waals surface area contributed by atoms with Gasteiger partial charge in [0.15, 0.2) is 0 Å². The maximum Gasteiger partial charge on any atom is 0.244 e. The molecule has 0 saturated carbocycles. The highest BCUT2D eigenvalue weighted by atomic mass is 16.5. The third kappa shape index (κ3) is 5.94. The highest BCUT2D eigenvalue weighted by Gasteiger charge is 2.24. The van der Waals surface area contributed by atoms with E-state index >= 15 is 0 Å². The first-order valence-electron chi connectivity index (χ1n) is 10.3. The Balaban J connectivity index is 1.45. The van der Waals surface area contributed by atoms with E-state index in [1.54, 1.807) is 0 Å². The first-order chi connectivity index (χ1) is 13.5. The number of benzene rings is 1. The smallest absolute Gasteiger partial charge is 0.244 e. The number of amides is 2. The summed E-state index contributed by atoms with van der Waals surface area (Å²) in [5.74, 6) is 0.832. The molecular weight excluding hydrogens is 356 g/mol. The summed E-state index contributed by atoms with van der Waals surface area (Å²) in [6, 6.07) is 7.24. The Kier molecular flexibility index (Phi) is 7.28. The highest BCUT2D eigenvalue weighted by molar-refractivity contribution is 5.92. The molecule has 7 nitrogen and oxygen atoms in total. The number of morpholine rings is 1. The Morgan fingerprint density at radius 1 is 1.07 bits per heavy atom. The molecule has 2 aliphatic heterocycles. The molecule has 0 aromatic heterocycles. The summed E-state index contributed by atoms with van der Waals surface area (Å²) < 4.78 is 5.30. The highest BCUT2D eigenvalue weighted by Crippen LogP contribution is 2.19. The van der Waals surface area contributed by atoms with Crippen LogP contribution < -0.4 is 10.6 Å². The zero-order chi connectivity index (χ0) is 19.9. The molecule has 0 aliphatic carbocycles.